The summed E-state index contributed by atoms with van der Waals surface area (Å²) in [5.41, 5.74) is 5.97. The van der Waals surface area contributed by atoms with Crippen LogP contribution >= 0.6 is 11.3 Å². The van der Waals surface area contributed by atoms with Crippen LogP contribution in [0.1, 0.15) is 55.9 Å². The highest BCUT2D eigenvalue weighted by Gasteiger charge is 2.20. The number of rotatable bonds is 3. The van der Waals surface area contributed by atoms with Gasteiger partial charge in [-0.25, -0.2) is 0 Å². The fraction of sp³-hybridized carbons (Fsp3) is 0.643. The molecule has 1 heterocycles. The lowest BCUT2D eigenvalue weighted by Gasteiger charge is -2.22. The largest absolute Gasteiger partial charge is 0.352 e. The molecule has 18 heavy (non-hydrogen) atoms. The Morgan fingerprint density at radius 3 is 2.56 bits per heavy atom. The molecule has 1 aromatic rings. The molecular formula is C14H22N2OS. The standard InChI is InChI=1S/C14H22N2OS/c15-13(12-9-6-10-18-12)14(17)16-11-7-4-2-1-3-5-8-11/h6,9-11,13H,1-5,7-8,15H2,(H,16,17). The quantitative estimate of drug-likeness (QED) is 0.883. The van der Waals surface area contributed by atoms with Crippen molar-refractivity contribution in [2.75, 3.05) is 0 Å². The first-order valence-electron chi connectivity index (χ1n) is 6.87. The van der Waals surface area contributed by atoms with Gasteiger partial charge >= 0.3 is 0 Å². The Morgan fingerprint density at radius 2 is 1.94 bits per heavy atom. The average Bonchev–Trinajstić information content (AvgIpc) is 2.85. The third-order valence-electron chi connectivity index (χ3n) is 3.58. The second-order valence-electron chi connectivity index (χ2n) is 5.04. The zero-order chi connectivity index (χ0) is 12.8. The lowest BCUT2D eigenvalue weighted by atomic mass is 9.96. The Labute approximate surface area is 113 Å². The van der Waals surface area contributed by atoms with Crippen molar-refractivity contribution in [3.05, 3.63) is 22.4 Å². The topological polar surface area (TPSA) is 55.1 Å². The molecule has 0 bridgehead atoms. The van der Waals surface area contributed by atoms with Gasteiger partial charge in [0, 0.05) is 10.9 Å². The van der Waals surface area contributed by atoms with Gasteiger partial charge in [-0.2, -0.15) is 0 Å². The number of amides is 1. The highest BCUT2D eigenvalue weighted by molar-refractivity contribution is 7.10. The number of carbonyl (C=O) groups is 1. The predicted octanol–water partition coefficient (Wildman–Crippen LogP) is 2.98. The maximum absolute atomic E-state index is 12.1. The van der Waals surface area contributed by atoms with E-state index in [9.17, 15) is 4.79 Å². The molecule has 0 aliphatic heterocycles. The smallest absolute Gasteiger partial charge is 0.242 e. The molecule has 1 aromatic heterocycles. The van der Waals surface area contributed by atoms with E-state index in [1.807, 2.05) is 17.5 Å². The van der Waals surface area contributed by atoms with Crippen LogP contribution in [0.25, 0.3) is 0 Å². The maximum Gasteiger partial charge on any atom is 0.242 e. The maximum atomic E-state index is 12.1. The Kier molecular flexibility index (Phi) is 5.20. The number of nitrogens with two attached hydrogens (primary N) is 1. The molecule has 0 radical (unpaired) electrons. The van der Waals surface area contributed by atoms with Crippen molar-refractivity contribution in [3.8, 4) is 0 Å². The van der Waals surface area contributed by atoms with Crippen molar-refractivity contribution in [2.24, 2.45) is 5.73 Å². The summed E-state index contributed by atoms with van der Waals surface area (Å²) in [5, 5.41) is 5.07. The molecule has 1 fully saturated rings. The summed E-state index contributed by atoms with van der Waals surface area (Å²) in [6.45, 7) is 0. The monoisotopic (exact) mass is 266 g/mol. The first-order valence-corrected chi connectivity index (χ1v) is 7.74. The van der Waals surface area contributed by atoms with Crippen LogP contribution in [0.3, 0.4) is 0 Å². The van der Waals surface area contributed by atoms with Crippen LogP contribution in [0.2, 0.25) is 0 Å². The number of thiophene rings is 1. The summed E-state index contributed by atoms with van der Waals surface area (Å²) in [7, 11) is 0. The van der Waals surface area contributed by atoms with E-state index < -0.39 is 6.04 Å². The number of hydrogen-bond acceptors (Lipinski definition) is 3. The van der Waals surface area contributed by atoms with Crippen molar-refractivity contribution < 1.29 is 4.79 Å². The van der Waals surface area contributed by atoms with Gasteiger partial charge in [-0.05, 0) is 24.3 Å². The fourth-order valence-corrected chi connectivity index (χ4v) is 3.21. The van der Waals surface area contributed by atoms with E-state index in [0.717, 1.165) is 17.7 Å². The minimum absolute atomic E-state index is 0.0250. The van der Waals surface area contributed by atoms with Gasteiger partial charge in [0.25, 0.3) is 0 Å². The Bertz CT molecular complexity index is 356. The SMILES string of the molecule is NC(C(=O)NC1CCCCCCC1)c1cccs1. The third kappa shape index (κ3) is 3.82. The zero-order valence-corrected chi connectivity index (χ0v) is 11.5. The van der Waals surface area contributed by atoms with Gasteiger partial charge in [-0.15, -0.1) is 11.3 Å². The van der Waals surface area contributed by atoms with Crippen LogP contribution in [0.5, 0.6) is 0 Å². The van der Waals surface area contributed by atoms with E-state index >= 15 is 0 Å². The van der Waals surface area contributed by atoms with Gasteiger partial charge in [0.15, 0.2) is 0 Å². The van der Waals surface area contributed by atoms with Crippen molar-refractivity contribution in [1.29, 1.82) is 0 Å². The summed E-state index contributed by atoms with van der Waals surface area (Å²) in [5.74, 6) is -0.0250. The highest BCUT2D eigenvalue weighted by Crippen LogP contribution is 2.20. The van der Waals surface area contributed by atoms with Crippen LogP contribution in [0.15, 0.2) is 17.5 Å². The Morgan fingerprint density at radius 1 is 1.28 bits per heavy atom. The van der Waals surface area contributed by atoms with E-state index in [4.69, 9.17) is 5.73 Å². The summed E-state index contributed by atoms with van der Waals surface area (Å²) >= 11 is 1.54. The Balaban J connectivity index is 1.85. The van der Waals surface area contributed by atoms with Crippen molar-refractivity contribution >= 4 is 17.2 Å². The third-order valence-corrected chi connectivity index (χ3v) is 4.54. The molecule has 1 amide bonds. The summed E-state index contributed by atoms with van der Waals surface area (Å²) in [4.78, 5) is 13.0. The lowest BCUT2D eigenvalue weighted by Crippen LogP contribution is -2.40. The van der Waals surface area contributed by atoms with E-state index in [1.165, 1.54) is 32.1 Å². The van der Waals surface area contributed by atoms with Gasteiger partial charge in [-0.3, -0.25) is 4.79 Å². The minimum Gasteiger partial charge on any atom is -0.352 e. The molecule has 2 rings (SSSR count). The molecule has 1 aliphatic carbocycles. The second kappa shape index (κ2) is 6.90. The van der Waals surface area contributed by atoms with Gasteiger partial charge in [0.2, 0.25) is 5.91 Å². The molecule has 4 heteroatoms. The molecule has 0 spiro atoms. The predicted molar refractivity (Wildman–Crippen MR) is 75.5 cm³/mol. The molecule has 1 atom stereocenters. The van der Waals surface area contributed by atoms with Crippen LogP contribution in [0, 0.1) is 0 Å². The second-order valence-corrected chi connectivity index (χ2v) is 6.02. The van der Waals surface area contributed by atoms with Gasteiger partial charge < -0.3 is 11.1 Å². The van der Waals surface area contributed by atoms with E-state index in [1.54, 1.807) is 11.3 Å². The van der Waals surface area contributed by atoms with Gasteiger partial charge in [-0.1, -0.05) is 38.2 Å². The molecule has 1 aliphatic rings. The van der Waals surface area contributed by atoms with Crippen LogP contribution < -0.4 is 11.1 Å². The number of nitrogens with one attached hydrogen (secondary N) is 1. The molecule has 1 unspecified atom stereocenters. The van der Waals surface area contributed by atoms with Crippen LogP contribution in [-0.4, -0.2) is 11.9 Å². The van der Waals surface area contributed by atoms with E-state index in [-0.39, 0.29) is 5.91 Å². The molecule has 1 saturated carbocycles. The molecule has 3 N–H and O–H groups in total. The molecular weight excluding hydrogens is 244 g/mol. The lowest BCUT2D eigenvalue weighted by molar-refractivity contribution is -0.123. The molecule has 100 valence electrons. The normalized spacial score (nSPS) is 19.8. The molecule has 0 saturated heterocycles. The van der Waals surface area contributed by atoms with Crippen LogP contribution in [0.4, 0.5) is 0 Å². The summed E-state index contributed by atoms with van der Waals surface area (Å²) in [6.07, 6.45) is 8.58. The zero-order valence-electron chi connectivity index (χ0n) is 10.7. The highest BCUT2D eigenvalue weighted by atomic mass is 32.1. The summed E-state index contributed by atoms with van der Waals surface area (Å²) < 4.78 is 0. The molecule has 0 aromatic carbocycles. The average molecular weight is 266 g/mol. The van der Waals surface area contributed by atoms with Crippen molar-refractivity contribution in [2.45, 2.75) is 57.0 Å². The number of hydrogen-bond donors (Lipinski definition) is 2. The fourth-order valence-electron chi connectivity index (χ4n) is 2.49. The summed E-state index contributed by atoms with van der Waals surface area (Å²) in [6, 6.07) is 3.68. The van der Waals surface area contributed by atoms with E-state index in [2.05, 4.69) is 5.32 Å². The van der Waals surface area contributed by atoms with Gasteiger partial charge in [0.1, 0.15) is 6.04 Å². The van der Waals surface area contributed by atoms with Crippen molar-refractivity contribution in [1.82, 2.24) is 5.32 Å². The van der Waals surface area contributed by atoms with E-state index in [0.29, 0.717) is 6.04 Å². The van der Waals surface area contributed by atoms with Gasteiger partial charge in [0.05, 0.1) is 0 Å². The number of carbonyl (C=O) groups excluding carboxylic acids is 1. The van der Waals surface area contributed by atoms with Crippen molar-refractivity contribution in [3.63, 3.8) is 0 Å². The van der Waals surface area contributed by atoms with Crippen LogP contribution in [-0.2, 0) is 4.79 Å². The first-order chi connectivity index (χ1) is 8.77. The first kappa shape index (κ1) is 13.6. The molecule has 3 nitrogen and oxygen atoms in total. The minimum atomic E-state index is -0.504. The Hall–Kier alpha value is -0.870.